The van der Waals surface area contributed by atoms with Crippen molar-refractivity contribution in [2.75, 3.05) is 0 Å². The van der Waals surface area contributed by atoms with E-state index in [1.165, 1.54) is 0 Å². The second-order valence-corrected chi connectivity index (χ2v) is 4.99. The smallest absolute Gasteiger partial charge is 0.231 e. The van der Waals surface area contributed by atoms with Gasteiger partial charge in [0.25, 0.3) is 0 Å². The molecule has 0 saturated carbocycles. The van der Waals surface area contributed by atoms with E-state index in [1.807, 2.05) is 54.6 Å². The van der Waals surface area contributed by atoms with Crippen LogP contribution in [0.4, 0.5) is 0 Å². The van der Waals surface area contributed by atoms with Crippen molar-refractivity contribution in [3.8, 4) is 0 Å². The number of para-hydroxylation sites is 2. The molecule has 1 heterocycles. The zero-order valence-electron chi connectivity index (χ0n) is 11.0. The molecule has 0 aliphatic carbocycles. The summed E-state index contributed by atoms with van der Waals surface area (Å²) >= 11 is 6.21. The lowest BCUT2D eigenvalue weighted by Gasteiger charge is -2.15. The number of carbonyl (C=O) groups excluding carboxylic acids is 1. The summed E-state index contributed by atoms with van der Waals surface area (Å²) in [6.45, 7) is 0. The molecule has 21 heavy (non-hydrogen) atoms. The Bertz CT molecular complexity index is 805. The van der Waals surface area contributed by atoms with Crippen LogP contribution in [0, 0.1) is 0 Å². The first-order chi connectivity index (χ1) is 10.2. The Morgan fingerprint density at radius 3 is 2.14 bits per heavy atom. The van der Waals surface area contributed by atoms with Crippen molar-refractivity contribution in [1.82, 2.24) is 9.97 Å². The number of nitrogens with two attached hydrogens (primary N) is 1. The van der Waals surface area contributed by atoms with E-state index >= 15 is 0 Å². The Kier molecular flexibility index (Phi) is 3.54. The van der Waals surface area contributed by atoms with Gasteiger partial charge in [0.15, 0.2) is 5.15 Å². The average Bonchev–Trinajstić information content (AvgIpc) is 2.49. The van der Waals surface area contributed by atoms with E-state index in [-0.39, 0.29) is 5.15 Å². The first-order valence-electron chi connectivity index (χ1n) is 6.43. The molecule has 3 aromatic rings. The van der Waals surface area contributed by atoms with Crippen LogP contribution in [0.1, 0.15) is 17.2 Å². The zero-order chi connectivity index (χ0) is 14.8. The van der Waals surface area contributed by atoms with Gasteiger partial charge in [-0.05, 0) is 17.7 Å². The predicted octanol–water partition coefficient (Wildman–Crippen LogP) is 2.90. The van der Waals surface area contributed by atoms with Gasteiger partial charge in [-0.25, -0.2) is 9.97 Å². The molecule has 0 aliphatic rings. The third-order valence-electron chi connectivity index (χ3n) is 3.24. The zero-order valence-corrected chi connectivity index (χ0v) is 11.8. The molecule has 2 aromatic carbocycles. The standard InChI is InChI=1S/C16H12ClN3O/c17-15-14(19-11-8-4-5-9-12(11)20-15)13(16(18)21)10-6-2-1-3-7-10/h1-9,13H,(H2,18,21). The molecular weight excluding hydrogens is 286 g/mol. The highest BCUT2D eigenvalue weighted by atomic mass is 35.5. The van der Waals surface area contributed by atoms with Crippen LogP contribution in [-0.2, 0) is 4.79 Å². The maximum Gasteiger partial charge on any atom is 0.231 e. The number of nitrogens with zero attached hydrogens (tertiary/aromatic N) is 2. The fraction of sp³-hybridized carbons (Fsp3) is 0.0625. The number of aromatic nitrogens is 2. The van der Waals surface area contributed by atoms with Crippen molar-refractivity contribution in [1.29, 1.82) is 0 Å². The fourth-order valence-corrected chi connectivity index (χ4v) is 2.52. The van der Waals surface area contributed by atoms with E-state index in [9.17, 15) is 4.79 Å². The number of benzene rings is 2. The van der Waals surface area contributed by atoms with Crippen molar-refractivity contribution in [3.63, 3.8) is 0 Å². The fourth-order valence-electron chi connectivity index (χ4n) is 2.28. The van der Waals surface area contributed by atoms with Gasteiger partial charge in [-0.3, -0.25) is 4.79 Å². The number of amides is 1. The summed E-state index contributed by atoms with van der Waals surface area (Å²) in [6, 6.07) is 16.6. The highest BCUT2D eigenvalue weighted by Gasteiger charge is 2.25. The maximum absolute atomic E-state index is 11.9. The molecule has 5 heteroatoms. The molecule has 0 spiro atoms. The van der Waals surface area contributed by atoms with E-state index < -0.39 is 11.8 Å². The van der Waals surface area contributed by atoms with Gasteiger partial charge in [-0.2, -0.15) is 0 Å². The first-order valence-corrected chi connectivity index (χ1v) is 6.81. The number of rotatable bonds is 3. The van der Waals surface area contributed by atoms with Crippen LogP contribution in [0.2, 0.25) is 5.15 Å². The number of fused-ring (bicyclic) bond motifs is 1. The molecule has 2 N–H and O–H groups in total. The Labute approximate surface area is 126 Å². The van der Waals surface area contributed by atoms with E-state index in [4.69, 9.17) is 17.3 Å². The normalized spacial score (nSPS) is 12.2. The molecule has 0 saturated heterocycles. The summed E-state index contributed by atoms with van der Waals surface area (Å²) in [5.74, 6) is -1.22. The molecule has 3 rings (SSSR count). The summed E-state index contributed by atoms with van der Waals surface area (Å²) in [4.78, 5) is 20.7. The van der Waals surface area contributed by atoms with Crippen molar-refractivity contribution in [2.45, 2.75) is 5.92 Å². The van der Waals surface area contributed by atoms with Crippen LogP contribution in [0.25, 0.3) is 11.0 Å². The lowest BCUT2D eigenvalue weighted by atomic mass is 9.95. The third-order valence-corrected chi connectivity index (χ3v) is 3.52. The number of hydrogen-bond donors (Lipinski definition) is 1. The summed E-state index contributed by atoms with van der Waals surface area (Å²) in [5, 5.41) is 0.196. The Hall–Kier alpha value is -2.46. The van der Waals surface area contributed by atoms with Crippen LogP contribution in [-0.4, -0.2) is 15.9 Å². The minimum Gasteiger partial charge on any atom is -0.369 e. The Morgan fingerprint density at radius 2 is 1.52 bits per heavy atom. The lowest BCUT2D eigenvalue weighted by molar-refractivity contribution is -0.118. The van der Waals surface area contributed by atoms with E-state index in [0.29, 0.717) is 16.7 Å². The molecule has 4 nitrogen and oxygen atoms in total. The van der Waals surface area contributed by atoms with Crippen molar-refractivity contribution in [2.24, 2.45) is 5.73 Å². The molecule has 1 amide bonds. The second-order valence-electron chi connectivity index (χ2n) is 4.63. The van der Waals surface area contributed by atoms with Crippen molar-refractivity contribution >= 4 is 28.5 Å². The van der Waals surface area contributed by atoms with Gasteiger partial charge < -0.3 is 5.73 Å². The largest absolute Gasteiger partial charge is 0.369 e. The van der Waals surface area contributed by atoms with Gasteiger partial charge in [0, 0.05) is 0 Å². The number of hydrogen-bond acceptors (Lipinski definition) is 3. The number of halogens is 1. The molecule has 104 valence electrons. The van der Waals surface area contributed by atoms with Gasteiger partial charge in [0.2, 0.25) is 5.91 Å². The Balaban J connectivity index is 2.20. The van der Waals surface area contributed by atoms with Crippen molar-refractivity contribution in [3.05, 3.63) is 71.0 Å². The van der Waals surface area contributed by atoms with E-state index in [1.54, 1.807) is 0 Å². The van der Waals surface area contributed by atoms with Crippen LogP contribution >= 0.6 is 11.6 Å². The molecule has 0 fully saturated rings. The van der Waals surface area contributed by atoms with Gasteiger partial charge in [-0.15, -0.1) is 0 Å². The van der Waals surface area contributed by atoms with Gasteiger partial charge >= 0.3 is 0 Å². The summed E-state index contributed by atoms with van der Waals surface area (Å²) < 4.78 is 0. The van der Waals surface area contributed by atoms with Gasteiger partial charge in [-0.1, -0.05) is 54.1 Å². The summed E-state index contributed by atoms with van der Waals surface area (Å²) in [6.07, 6.45) is 0. The topological polar surface area (TPSA) is 68.9 Å². The highest BCUT2D eigenvalue weighted by molar-refractivity contribution is 6.30. The second kappa shape index (κ2) is 5.50. The number of carbonyl (C=O) groups is 1. The minimum absolute atomic E-state index is 0.196. The first kappa shape index (κ1) is 13.5. The van der Waals surface area contributed by atoms with E-state index in [2.05, 4.69) is 9.97 Å². The van der Waals surface area contributed by atoms with Crippen LogP contribution in [0.5, 0.6) is 0 Å². The molecule has 0 aliphatic heterocycles. The molecule has 0 bridgehead atoms. The van der Waals surface area contributed by atoms with Crippen LogP contribution in [0.15, 0.2) is 54.6 Å². The van der Waals surface area contributed by atoms with Crippen LogP contribution in [0.3, 0.4) is 0 Å². The molecular formula is C16H12ClN3O. The maximum atomic E-state index is 11.9. The molecule has 0 radical (unpaired) electrons. The third kappa shape index (κ3) is 2.58. The molecule has 1 atom stereocenters. The van der Waals surface area contributed by atoms with Gasteiger partial charge in [0.05, 0.1) is 16.7 Å². The summed E-state index contributed by atoms with van der Waals surface area (Å²) in [5.41, 5.74) is 8.04. The van der Waals surface area contributed by atoms with E-state index in [0.717, 1.165) is 5.56 Å². The van der Waals surface area contributed by atoms with Crippen molar-refractivity contribution < 1.29 is 4.79 Å². The highest BCUT2D eigenvalue weighted by Crippen LogP contribution is 2.29. The molecule has 1 aromatic heterocycles. The van der Waals surface area contributed by atoms with Crippen LogP contribution < -0.4 is 5.73 Å². The number of primary amides is 1. The monoisotopic (exact) mass is 297 g/mol. The summed E-state index contributed by atoms with van der Waals surface area (Å²) in [7, 11) is 0. The lowest BCUT2D eigenvalue weighted by Crippen LogP contribution is -2.24. The Morgan fingerprint density at radius 1 is 0.952 bits per heavy atom. The van der Waals surface area contributed by atoms with Gasteiger partial charge in [0.1, 0.15) is 5.92 Å². The minimum atomic E-state index is -0.712. The average molecular weight is 298 g/mol. The predicted molar refractivity (Wildman–Crippen MR) is 82.0 cm³/mol. The molecule has 1 unspecified atom stereocenters. The SMILES string of the molecule is NC(=O)C(c1ccccc1)c1nc2ccccc2nc1Cl. The quantitative estimate of drug-likeness (QED) is 0.808.